The summed E-state index contributed by atoms with van der Waals surface area (Å²) in [5.41, 5.74) is 1.86. The van der Waals surface area contributed by atoms with Crippen molar-refractivity contribution in [3.8, 4) is 0 Å². The molecule has 3 aromatic rings. The van der Waals surface area contributed by atoms with Crippen LogP contribution in [0.3, 0.4) is 0 Å². The molecule has 5 rings (SSSR count). The highest BCUT2D eigenvalue weighted by atomic mass is 19.4. The molecule has 180 valence electrons. The van der Waals surface area contributed by atoms with Gasteiger partial charge in [0.25, 0.3) is 5.91 Å². The van der Waals surface area contributed by atoms with E-state index in [1.54, 1.807) is 11.1 Å². The topological polar surface area (TPSA) is 66.4 Å². The molecule has 0 spiro atoms. The summed E-state index contributed by atoms with van der Waals surface area (Å²) >= 11 is 0. The molecule has 9 heteroatoms. The molecule has 6 nitrogen and oxygen atoms in total. The molecule has 1 aromatic heterocycles. The third-order valence-corrected chi connectivity index (χ3v) is 6.61. The molecule has 2 aromatic carbocycles. The van der Waals surface area contributed by atoms with Gasteiger partial charge in [-0.15, -0.1) is 0 Å². The predicted molar refractivity (Wildman–Crippen MR) is 123 cm³/mol. The van der Waals surface area contributed by atoms with Gasteiger partial charge in [0.05, 0.1) is 16.8 Å². The highest BCUT2D eigenvalue weighted by molar-refractivity contribution is 5.98. The fraction of sp³-hybridized carbons (Fsp3) is 0.308. The van der Waals surface area contributed by atoms with Crippen LogP contribution in [0.4, 0.5) is 19.1 Å². The van der Waals surface area contributed by atoms with E-state index in [4.69, 9.17) is 4.98 Å². The van der Waals surface area contributed by atoms with Gasteiger partial charge < -0.3 is 9.80 Å². The number of rotatable bonds is 3. The number of hydrogen-bond donors (Lipinski definition) is 0. The predicted octanol–water partition coefficient (Wildman–Crippen LogP) is 4.37. The van der Waals surface area contributed by atoms with Crippen LogP contribution in [-0.2, 0) is 12.6 Å². The molecule has 0 bridgehead atoms. The first-order valence-corrected chi connectivity index (χ1v) is 11.4. The van der Waals surface area contributed by atoms with Crippen LogP contribution >= 0.6 is 0 Å². The summed E-state index contributed by atoms with van der Waals surface area (Å²) in [4.78, 5) is 38.1. The molecular weight excluding hydrogens is 457 g/mol. The molecule has 0 saturated carbocycles. The van der Waals surface area contributed by atoms with Crippen molar-refractivity contribution in [3.63, 3.8) is 0 Å². The first kappa shape index (κ1) is 23.0. The number of fused-ring (bicyclic) bond motifs is 1. The molecule has 1 atom stereocenters. The number of carbonyl (C=O) groups excluding carboxylic acids is 2. The summed E-state index contributed by atoms with van der Waals surface area (Å²) in [6, 6.07) is 14.2. The molecule has 0 radical (unpaired) electrons. The number of ketones is 1. The Hall–Kier alpha value is -3.75. The first-order valence-electron chi connectivity index (χ1n) is 11.4. The number of halogens is 3. The lowest BCUT2D eigenvalue weighted by atomic mass is 9.82. The van der Waals surface area contributed by atoms with Gasteiger partial charge in [0.2, 0.25) is 5.95 Å². The lowest BCUT2D eigenvalue weighted by molar-refractivity contribution is -0.137. The summed E-state index contributed by atoms with van der Waals surface area (Å²) in [6.45, 7) is 1.76. The molecule has 1 aliphatic carbocycles. The minimum absolute atomic E-state index is 0.0404. The lowest BCUT2D eigenvalue weighted by Crippen LogP contribution is -2.49. The number of piperazine rings is 1. The number of benzene rings is 2. The number of nitrogens with zero attached hydrogens (tertiary/aromatic N) is 4. The quantitative estimate of drug-likeness (QED) is 0.557. The summed E-state index contributed by atoms with van der Waals surface area (Å²) in [7, 11) is 0. The maximum absolute atomic E-state index is 12.8. The Labute approximate surface area is 200 Å². The minimum Gasteiger partial charge on any atom is -0.337 e. The fourth-order valence-electron chi connectivity index (χ4n) is 4.64. The SMILES string of the molecule is O=C1CC(c2ccccc2)Cc2nc(N3CCN(C(=O)c4ccc(C(F)(F)F)cc4)CC3)ncc21. The normalized spacial score (nSPS) is 18.4. The lowest BCUT2D eigenvalue weighted by Gasteiger charge is -2.35. The Morgan fingerprint density at radius 3 is 2.26 bits per heavy atom. The second-order valence-electron chi connectivity index (χ2n) is 8.82. The number of carbonyl (C=O) groups is 2. The van der Waals surface area contributed by atoms with Crippen LogP contribution in [0.2, 0.25) is 0 Å². The van der Waals surface area contributed by atoms with Crippen LogP contribution in [0.25, 0.3) is 0 Å². The third-order valence-electron chi connectivity index (χ3n) is 6.61. The highest BCUT2D eigenvalue weighted by Crippen LogP contribution is 2.32. The van der Waals surface area contributed by atoms with E-state index in [0.29, 0.717) is 50.5 Å². The van der Waals surface area contributed by atoms with Gasteiger partial charge in [-0.05, 0) is 42.2 Å². The van der Waals surface area contributed by atoms with E-state index in [1.165, 1.54) is 12.1 Å². The van der Waals surface area contributed by atoms with Crippen LogP contribution in [-0.4, -0.2) is 52.7 Å². The van der Waals surface area contributed by atoms with E-state index >= 15 is 0 Å². The van der Waals surface area contributed by atoms with Crippen molar-refractivity contribution in [1.82, 2.24) is 14.9 Å². The molecule has 35 heavy (non-hydrogen) atoms. The van der Waals surface area contributed by atoms with E-state index in [-0.39, 0.29) is 23.2 Å². The van der Waals surface area contributed by atoms with Crippen molar-refractivity contribution in [1.29, 1.82) is 0 Å². The number of anilines is 1. The van der Waals surface area contributed by atoms with Crippen molar-refractivity contribution < 1.29 is 22.8 Å². The Bertz CT molecular complexity index is 1240. The molecule has 1 saturated heterocycles. The van der Waals surface area contributed by atoms with Crippen molar-refractivity contribution in [2.45, 2.75) is 24.9 Å². The van der Waals surface area contributed by atoms with Gasteiger partial charge in [-0.2, -0.15) is 13.2 Å². The second-order valence-corrected chi connectivity index (χ2v) is 8.82. The molecule has 1 fully saturated rings. The third kappa shape index (κ3) is 4.76. The molecule has 2 aliphatic rings. The molecule has 1 amide bonds. The summed E-state index contributed by atoms with van der Waals surface area (Å²) in [6.07, 6.45) is -1.74. The van der Waals surface area contributed by atoms with Crippen molar-refractivity contribution >= 4 is 17.6 Å². The maximum atomic E-state index is 12.8. The zero-order valence-electron chi connectivity index (χ0n) is 18.8. The summed E-state index contributed by atoms with van der Waals surface area (Å²) in [5, 5.41) is 0. The maximum Gasteiger partial charge on any atom is 0.416 e. The van der Waals surface area contributed by atoms with Gasteiger partial charge in [-0.1, -0.05) is 30.3 Å². The Morgan fingerprint density at radius 2 is 1.60 bits per heavy atom. The number of hydrogen-bond acceptors (Lipinski definition) is 5. The molecule has 2 heterocycles. The highest BCUT2D eigenvalue weighted by Gasteiger charge is 2.32. The Morgan fingerprint density at radius 1 is 0.914 bits per heavy atom. The molecular formula is C26H23F3N4O2. The van der Waals surface area contributed by atoms with Gasteiger partial charge in [-0.3, -0.25) is 9.59 Å². The number of amides is 1. The number of alkyl halides is 3. The largest absolute Gasteiger partial charge is 0.416 e. The van der Waals surface area contributed by atoms with Crippen LogP contribution in [0.1, 0.15) is 49.9 Å². The molecule has 1 aliphatic heterocycles. The van der Waals surface area contributed by atoms with Crippen LogP contribution in [0.5, 0.6) is 0 Å². The number of aromatic nitrogens is 2. The van der Waals surface area contributed by atoms with E-state index < -0.39 is 11.7 Å². The van der Waals surface area contributed by atoms with Crippen LogP contribution < -0.4 is 4.90 Å². The summed E-state index contributed by atoms with van der Waals surface area (Å²) < 4.78 is 38.3. The van der Waals surface area contributed by atoms with Crippen molar-refractivity contribution in [3.05, 3.63) is 88.7 Å². The fourth-order valence-corrected chi connectivity index (χ4v) is 4.64. The van der Waals surface area contributed by atoms with Gasteiger partial charge in [0.15, 0.2) is 5.78 Å². The summed E-state index contributed by atoms with van der Waals surface area (Å²) in [5.74, 6) is 0.337. The smallest absolute Gasteiger partial charge is 0.337 e. The number of Topliss-reactive ketones (excluding diaryl/α,β-unsaturated/α-hetero) is 1. The van der Waals surface area contributed by atoms with Crippen LogP contribution in [0, 0.1) is 0 Å². The van der Waals surface area contributed by atoms with E-state index in [0.717, 1.165) is 23.4 Å². The Kier molecular flexibility index (Phi) is 6.00. The van der Waals surface area contributed by atoms with Gasteiger partial charge in [0, 0.05) is 44.4 Å². The van der Waals surface area contributed by atoms with Crippen molar-refractivity contribution in [2.75, 3.05) is 31.1 Å². The van der Waals surface area contributed by atoms with E-state index in [1.807, 2.05) is 35.2 Å². The zero-order valence-corrected chi connectivity index (χ0v) is 18.8. The van der Waals surface area contributed by atoms with Gasteiger partial charge >= 0.3 is 6.18 Å². The van der Waals surface area contributed by atoms with Gasteiger partial charge in [-0.25, -0.2) is 9.97 Å². The van der Waals surface area contributed by atoms with E-state index in [2.05, 4.69) is 4.98 Å². The average Bonchev–Trinajstić information content (AvgIpc) is 2.88. The molecule has 1 unspecified atom stereocenters. The van der Waals surface area contributed by atoms with Crippen LogP contribution in [0.15, 0.2) is 60.8 Å². The van der Waals surface area contributed by atoms with Gasteiger partial charge in [0.1, 0.15) is 0 Å². The standard InChI is InChI=1S/C26H23F3N4O2/c27-26(28,29)20-8-6-18(7-9-20)24(35)32-10-12-33(13-11-32)25-30-16-21-22(31-25)14-19(15-23(21)34)17-4-2-1-3-5-17/h1-9,16,19H,10-15H2. The average molecular weight is 480 g/mol. The van der Waals surface area contributed by atoms with Crippen molar-refractivity contribution in [2.24, 2.45) is 0 Å². The zero-order chi connectivity index (χ0) is 24.6. The monoisotopic (exact) mass is 480 g/mol. The first-order chi connectivity index (χ1) is 16.8. The minimum atomic E-state index is -4.44. The van der Waals surface area contributed by atoms with E-state index in [9.17, 15) is 22.8 Å². The molecule has 0 N–H and O–H groups in total. The Balaban J connectivity index is 1.25. The second kappa shape index (κ2) is 9.13.